The molecule has 0 bridgehead atoms. The van der Waals surface area contributed by atoms with E-state index < -0.39 is 18.6 Å². The lowest BCUT2D eigenvalue weighted by Crippen LogP contribution is -2.12. The summed E-state index contributed by atoms with van der Waals surface area (Å²) in [5, 5.41) is 0.543. The molecule has 2 aromatic carbocycles. The summed E-state index contributed by atoms with van der Waals surface area (Å²) >= 11 is 0. The molecule has 3 rings (SSSR count). The van der Waals surface area contributed by atoms with Crippen molar-refractivity contribution in [2.45, 2.75) is 12.6 Å². The van der Waals surface area contributed by atoms with Crippen molar-refractivity contribution in [3.05, 3.63) is 59.7 Å². The van der Waals surface area contributed by atoms with E-state index in [1.54, 1.807) is 36.4 Å². The lowest BCUT2D eigenvalue weighted by Gasteiger charge is -2.09. The Morgan fingerprint density at radius 1 is 1.08 bits per heavy atom. The third kappa shape index (κ3) is 3.13. The number of nitrogens with one attached hydrogen (secondary N) is 1. The highest BCUT2D eigenvalue weighted by molar-refractivity contribution is 5.92. The van der Waals surface area contributed by atoms with Gasteiger partial charge >= 0.3 is 12.1 Å². The number of alkyl halides is 3. The van der Waals surface area contributed by atoms with E-state index in [2.05, 4.69) is 9.72 Å². The second-order valence-electron chi connectivity index (χ2n) is 5.39. The number of carbonyl (C=O) groups is 1. The third-order valence-electron chi connectivity index (χ3n) is 3.79. The quantitative estimate of drug-likeness (QED) is 0.704. The largest absolute Gasteiger partial charge is 0.465 e. The molecule has 0 aliphatic heterocycles. The number of ether oxygens (including phenoxy) is 1. The standard InChI is InChI=1S/C18H14F3NO2/c1-24-17(23)12-8-6-11(7-9-12)16-14(10-18(19,20)21)13-4-2-3-5-15(13)22-16/h2-9,22H,10H2,1H3. The SMILES string of the molecule is COC(=O)c1ccc(-c2[nH]c3ccccc3c2CC(F)(F)F)cc1. The number of esters is 1. The molecule has 0 saturated carbocycles. The zero-order chi connectivity index (χ0) is 17.3. The molecule has 6 heteroatoms. The number of H-pyrrole nitrogens is 1. The number of hydrogen-bond donors (Lipinski definition) is 1. The van der Waals surface area contributed by atoms with Gasteiger partial charge in [-0.3, -0.25) is 0 Å². The molecule has 0 aliphatic rings. The highest BCUT2D eigenvalue weighted by Gasteiger charge is 2.31. The number of halogens is 3. The number of aromatic amines is 1. The van der Waals surface area contributed by atoms with E-state index in [1.807, 2.05) is 0 Å². The molecule has 0 saturated heterocycles. The fraction of sp³-hybridized carbons (Fsp3) is 0.167. The fourth-order valence-electron chi connectivity index (χ4n) is 2.72. The number of para-hydroxylation sites is 1. The topological polar surface area (TPSA) is 42.1 Å². The molecule has 124 valence electrons. The van der Waals surface area contributed by atoms with Gasteiger partial charge < -0.3 is 9.72 Å². The highest BCUT2D eigenvalue weighted by Crippen LogP contribution is 2.35. The molecule has 0 atom stereocenters. The minimum absolute atomic E-state index is 0.198. The number of methoxy groups -OCH3 is 1. The average Bonchev–Trinajstić information content (AvgIpc) is 2.91. The van der Waals surface area contributed by atoms with E-state index in [1.165, 1.54) is 19.2 Å². The Morgan fingerprint density at radius 2 is 1.75 bits per heavy atom. The molecule has 0 spiro atoms. The van der Waals surface area contributed by atoms with Crippen molar-refractivity contribution < 1.29 is 22.7 Å². The predicted octanol–water partition coefficient (Wildman–Crippen LogP) is 4.73. The zero-order valence-corrected chi connectivity index (χ0v) is 12.8. The summed E-state index contributed by atoms with van der Waals surface area (Å²) in [4.78, 5) is 14.5. The van der Waals surface area contributed by atoms with Crippen molar-refractivity contribution in [2.24, 2.45) is 0 Å². The van der Waals surface area contributed by atoms with E-state index in [4.69, 9.17) is 0 Å². The van der Waals surface area contributed by atoms with Gasteiger partial charge in [-0.15, -0.1) is 0 Å². The van der Waals surface area contributed by atoms with Crippen LogP contribution in [0.1, 0.15) is 15.9 Å². The Bertz CT molecular complexity index is 879. The Labute approximate surface area is 136 Å². The minimum Gasteiger partial charge on any atom is -0.465 e. The first-order chi connectivity index (χ1) is 11.4. The lowest BCUT2D eigenvalue weighted by molar-refractivity contribution is -0.126. The first-order valence-electron chi connectivity index (χ1n) is 7.24. The second-order valence-corrected chi connectivity index (χ2v) is 5.39. The maximum atomic E-state index is 13.0. The molecule has 1 heterocycles. The van der Waals surface area contributed by atoms with Crippen LogP contribution in [0.2, 0.25) is 0 Å². The molecule has 3 aromatic rings. The van der Waals surface area contributed by atoms with Crippen LogP contribution in [0.15, 0.2) is 48.5 Å². The first kappa shape index (κ1) is 16.1. The number of rotatable bonds is 3. The van der Waals surface area contributed by atoms with E-state index in [0.717, 1.165) is 0 Å². The molecular weight excluding hydrogens is 319 g/mol. The number of aromatic nitrogens is 1. The first-order valence-corrected chi connectivity index (χ1v) is 7.24. The molecular formula is C18H14F3NO2. The number of fused-ring (bicyclic) bond motifs is 1. The molecule has 1 N–H and O–H groups in total. The van der Waals surface area contributed by atoms with Crippen molar-refractivity contribution in [1.29, 1.82) is 0 Å². The molecule has 24 heavy (non-hydrogen) atoms. The summed E-state index contributed by atoms with van der Waals surface area (Å²) < 4.78 is 43.6. The summed E-state index contributed by atoms with van der Waals surface area (Å²) in [7, 11) is 1.27. The van der Waals surface area contributed by atoms with E-state index in [0.29, 0.717) is 27.7 Å². The Hall–Kier alpha value is -2.76. The summed E-state index contributed by atoms with van der Waals surface area (Å²) in [6.07, 6.45) is -5.34. The van der Waals surface area contributed by atoms with Gasteiger partial charge in [0.2, 0.25) is 0 Å². The van der Waals surface area contributed by atoms with Crippen LogP contribution < -0.4 is 0 Å². The maximum absolute atomic E-state index is 13.0. The van der Waals surface area contributed by atoms with Crippen LogP contribution in [-0.2, 0) is 11.2 Å². The fourth-order valence-corrected chi connectivity index (χ4v) is 2.72. The normalized spacial score (nSPS) is 11.7. The predicted molar refractivity (Wildman–Crippen MR) is 84.8 cm³/mol. The van der Waals surface area contributed by atoms with Crippen molar-refractivity contribution in [1.82, 2.24) is 4.98 Å². The maximum Gasteiger partial charge on any atom is 0.393 e. The highest BCUT2D eigenvalue weighted by atomic mass is 19.4. The number of carbonyl (C=O) groups excluding carboxylic acids is 1. The average molecular weight is 333 g/mol. The van der Waals surface area contributed by atoms with Gasteiger partial charge in [0, 0.05) is 10.9 Å². The van der Waals surface area contributed by atoms with Gasteiger partial charge in [0.25, 0.3) is 0 Å². The third-order valence-corrected chi connectivity index (χ3v) is 3.79. The Morgan fingerprint density at radius 3 is 2.38 bits per heavy atom. The summed E-state index contributed by atoms with van der Waals surface area (Å²) in [5.74, 6) is -0.492. The van der Waals surface area contributed by atoms with Crippen LogP contribution in [0.3, 0.4) is 0 Å². The molecule has 0 fully saturated rings. The van der Waals surface area contributed by atoms with Crippen molar-refractivity contribution in [2.75, 3.05) is 7.11 Å². The zero-order valence-electron chi connectivity index (χ0n) is 12.8. The Kier molecular flexibility index (Phi) is 4.05. The molecule has 0 radical (unpaired) electrons. The molecule has 0 amide bonds. The summed E-state index contributed by atoms with van der Waals surface area (Å²) in [6, 6.07) is 13.2. The molecule has 1 aromatic heterocycles. The summed E-state index contributed by atoms with van der Waals surface area (Å²) in [6.45, 7) is 0. The van der Waals surface area contributed by atoms with E-state index in [-0.39, 0.29) is 5.56 Å². The van der Waals surface area contributed by atoms with Crippen molar-refractivity contribution in [3.8, 4) is 11.3 Å². The van der Waals surface area contributed by atoms with Crippen LogP contribution in [0.4, 0.5) is 13.2 Å². The van der Waals surface area contributed by atoms with Gasteiger partial charge in [0.05, 0.1) is 24.8 Å². The van der Waals surface area contributed by atoms with Crippen LogP contribution in [-0.4, -0.2) is 24.2 Å². The van der Waals surface area contributed by atoms with E-state index in [9.17, 15) is 18.0 Å². The van der Waals surface area contributed by atoms with Crippen molar-refractivity contribution >= 4 is 16.9 Å². The number of hydrogen-bond acceptors (Lipinski definition) is 2. The Balaban J connectivity index is 2.11. The van der Waals surface area contributed by atoms with Crippen molar-refractivity contribution in [3.63, 3.8) is 0 Å². The van der Waals surface area contributed by atoms with Crippen LogP contribution in [0.5, 0.6) is 0 Å². The monoisotopic (exact) mass is 333 g/mol. The smallest absolute Gasteiger partial charge is 0.393 e. The van der Waals surface area contributed by atoms with Crippen LogP contribution >= 0.6 is 0 Å². The minimum atomic E-state index is -4.31. The van der Waals surface area contributed by atoms with E-state index >= 15 is 0 Å². The van der Waals surface area contributed by atoms with Gasteiger partial charge in [-0.25, -0.2) is 4.79 Å². The molecule has 0 aliphatic carbocycles. The van der Waals surface area contributed by atoms with Gasteiger partial charge in [0.15, 0.2) is 0 Å². The van der Waals surface area contributed by atoms with Gasteiger partial charge in [-0.1, -0.05) is 30.3 Å². The summed E-state index contributed by atoms with van der Waals surface area (Å²) in [5.41, 5.74) is 2.17. The van der Waals surface area contributed by atoms with Gasteiger partial charge in [-0.05, 0) is 29.3 Å². The van der Waals surface area contributed by atoms with Gasteiger partial charge in [-0.2, -0.15) is 13.2 Å². The van der Waals surface area contributed by atoms with Gasteiger partial charge in [0.1, 0.15) is 0 Å². The van der Waals surface area contributed by atoms with Crippen LogP contribution in [0.25, 0.3) is 22.2 Å². The molecule has 3 nitrogen and oxygen atoms in total. The lowest BCUT2D eigenvalue weighted by atomic mass is 10.0. The van der Waals surface area contributed by atoms with Crippen LogP contribution in [0, 0.1) is 0 Å². The molecule has 0 unspecified atom stereocenters. The second kappa shape index (κ2) is 6.03. The number of benzene rings is 2.